The zero-order valence-electron chi connectivity index (χ0n) is 22.6. The summed E-state index contributed by atoms with van der Waals surface area (Å²) in [7, 11) is 0. The van der Waals surface area contributed by atoms with Crippen LogP contribution in [-0.4, -0.2) is 42.1 Å². The van der Waals surface area contributed by atoms with E-state index in [0.29, 0.717) is 5.69 Å². The highest BCUT2D eigenvalue weighted by Gasteiger charge is 2.42. The number of hydrogen-bond donors (Lipinski definition) is 2. The highest BCUT2D eigenvalue weighted by molar-refractivity contribution is 6.00. The Morgan fingerprint density at radius 2 is 1.54 bits per heavy atom. The van der Waals surface area contributed by atoms with Crippen molar-refractivity contribution in [2.24, 2.45) is 5.92 Å². The van der Waals surface area contributed by atoms with E-state index in [1.165, 1.54) is 24.1 Å². The van der Waals surface area contributed by atoms with E-state index in [-0.39, 0.29) is 11.6 Å². The van der Waals surface area contributed by atoms with E-state index in [1.807, 2.05) is 36.4 Å². The van der Waals surface area contributed by atoms with Crippen molar-refractivity contribution in [3.63, 3.8) is 0 Å². The Labute approximate surface area is 231 Å². The summed E-state index contributed by atoms with van der Waals surface area (Å²) < 4.78 is 0. The fourth-order valence-corrected chi connectivity index (χ4v) is 6.38. The molecule has 1 aliphatic heterocycles. The van der Waals surface area contributed by atoms with Crippen LogP contribution in [0.25, 0.3) is 10.9 Å². The Balaban J connectivity index is 1.18. The molecule has 0 atom stereocenters. The molecule has 2 heterocycles. The first kappa shape index (κ1) is 25.4. The Hall–Kier alpha value is -3.90. The quantitative estimate of drug-likeness (QED) is 0.295. The number of carbonyl (C=O) groups is 1. The van der Waals surface area contributed by atoms with Gasteiger partial charge in [0.1, 0.15) is 0 Å². The number of hydrogen-bond acceptors (Lipinski definition) is 4. The van der Waals surface area contributed by atoms with Crippen LogP contribution in [0.1, 0.15) is 38.2 Å². The summed E-state index contributed by atoms with van der Waals surface area (Å²) in [6, 6.07) is 28.9. The van der Waals surface area contributed by atoms with Crippen LogP contribution < -0.4 is 15.5 Å². The van der Waals surface area contributed by atoms with Gasteiger partial charge in [-0.1, -0.05) is 55.5 Å². The maximum Gasteiger partial charge on any atom is 0.323 e. The molecule has 1 saturated heterocycles. The van der Waals surface area contributed by atoms with Crippen LogP contribution in [-0.2, 0) is 5.54 Å². The Morgan fingerprint density at radius 1 is 0.821 bits per heavy atom. The van der Waals surface area contributed by atoms with Crippen LogP contribution in [0, 0.1) is 5.92 Å². The van der Waals surface area contributed by atoms with Gasteiger partial charge >= 0.3 is 6.03 Å². The summed E-state index contributed by atoms with van der Waals surface area (Å²) in [5.74, 6) is 0.756. The smallest absolute Gasteiger partial charge is 0.323 e. The van der Waals surface area contributed by atoms with E-state index >= 15 is 0 Å². The number of aromatic nitrogens is 1. The van der Waals surface area contributed by atoms with Crippen molar-refractivity contribution >= 4 is 34.0 Å². The SMILES string of the molecule is CC1CCC(c2cccc(NC(=O)Nc3cnc4ccccc4c3)c2)(N2CCN(c3ccccc3)CC2)CC1. The van der Waals surface area contributed by atoms with Gasteiger partial charge in [0.2, 0.25) is 0 Å². The molecule has 2 fully saturated rings. The summed E-state index contributed by atoms with van der Waals surface area (Å²) in [6.07, 6.45) is 6.46. The van der Waals surface area contributed by atoms with Crippen LogP contribution in [0.4, 0.5) is 21.9 Å². The second-order valence-corrected chi connectivity index (χ2v) is 11.1. The average molecular weight is 520 g/mol. The topological polar surface area (TPSA) is 60.5 Å². The van der Waals surface area contributed by atoms with Crippen molar-refractivity contribution < 1.29 is 4.79 Å². The first-order valence-electron chi connectivity index (χ1n) is 14.2. The van der Waals surface area contributed by atoms with Crippen LogP contribution in [0.15, 0.2) is 91.1 Å². The summed E-state index contributed by atoms with van der Waals surface area (Å²) in [6.45, 7) is 6.51. The Kier molecular flexibility index (Phi) is 7.20. The first-order valence-corrected chi connectivity index (χ1v) is 14.2. The molecule has 6 nitrogen and oxygen atoms in total. The van der Waals surface area contributed by atoms with E-state index < -0.39 is 0 Å². The van der Waals surface area contributed by atoms with Crippen LogP contribution in [0.2, 0.25) is 0 Å². The molecule has 39 heavy (non-hydrogen) atoms. The van der Waals surface area contributed by atoms with Gasteiger partial charge in [-0.15, -0.1) is 0 Å². The maximum absolute atomic E-state index is 12.9. The predicted octanol–water partition coefficient (Wildman–Crippen LogP) is 7.11. The number of nitrogens with one attached hydrogen (secondary N) is 2. The lowest BCUT2D eigenvalue weighted by Gasteiger charge is -2.51. The molecule has 4 aromatic rings. The second-order valence-electron chi connectivity index (χ2n) is 11.1. The maximum atomic E-state index is 12.9. The summed E-state index contributed by atoms with van der Waals surface area (Å²) >= 11 is 0. The number of pyridine rings is 1. The molecule has 1 saturated carbocycles. The van der Waals surface area contributed by atoms with Gasteiger partial charge in [-0.25, -0.2) is 4.79 Å². The van der Waals surface area contributed by atoms with Crippen molar-refractivity contribution in [1.29, 1.82) is 0 Å². The predicted molar refractivity (Wildman–Crippen MR) is 160 cm³/mol. The van der Waals surface area contributed by atoms with Crippen molar-refractivity contribution in [2.45, 2.75) is 38.1 Å². The summed E-state index contributed by atoms with van der Waals surface area (Å²) in [5, 5.41) is 7.02. The third-order valence-corrected chi connectivity index (χ3v) is 8.61. The third kappa shape index (κ3) is 5.48. The number of fused-ring (bicyclic) bond motifs is 1. The number of amides is 2. The first-order chi connectivity index (χ1) is 19.1. The lowest BCUT2D eigenvalue weighted by atomic mass is 9.71. The molecule has 2 aliphatic rings. The minimum atomic E-state index is -0.257. The lowest BCUT2D eigenvalue weighted by molar-refractivity contribution is 0.0299. The monoisotopic (exact) mass is 519 g/mol. The number of piperazine rings is 1. The molecule has 0 bridgehead atoms. The number of benzene rings is 3. The third-order valence-electron chi connectivity index (χ3n) is 8.61. The van der Waals surface area contributed by atoms with E-state index in [0.717, 1.165) is 61.5 Å². The highest BCUT2D eigenvalue weighted by atomic mass is 16.2. The van der Waals surface area contributed by atoms with Gasteiger partial charge in [0.25, 0.3) is 0 Å². The van der Waals surface area contributed by atoms with Gasteiger partial charge in [0, 0.05) is 48.5 Å². The van der Waals surface area contributed by atoms with E-state index in [1.54, 1.807) is 6.20 Å². The lowest BCUT2D eigenvalue weighted by Crippen LogP contribution is -2.56. The van der Waals surface area contributed by atoms with E-state index in [2.05, 4.69) is 80.9 Å². The van der Waals surface area contributed by atoms with Gasteiger partial charge in [-0.05, 0) is 73.6 Å². The molecule has 6 heteroatoms. The molecule has 2 N–H and O–H groups in total. The number of rotatable bonds is 5. The standard InChI is InChI=1S/C33H37N5O/c1-25-14-16-33(17-15-25,38-20-18-37(19-21-38)30-11-3-2-4-12-30)27-9-7-10-28(23-27)35-32(39)36-29-22-26-8-5-6-13-31(26)34-24-29/h2-13,22-25H,14-21H2,1H3,(H2,35,36,39). The number of urea groups is 1. The molecule has 1 aromatic heterocycles. The minimum absolute atomic E-state index is 0.00567. The van der Waals surface area contributed by atoms with Gasteiger partial charge in [-0.3, -0.25) is 9.88 Å². The highest BCUT2D eigenvalue weighted by Crippen LogP contribution is 2.45. The van der Waals surface area contributed by atoms with Crippen molar-refractivity contribution in [3.05, 3.63) is 96.7 Å². The molecule has 2 amide bonds. The number of anilines is 3. The van der Waals surface area contributed by atoms with Crippen LogP contribution in [0.3, 0.4) is 0 Å². The fourth-order valence-electron chi connectivity index (χ4n) is 6.38. The van der Waals surface area contributed by atoms with Gasteiger partial charge < -0.3 is 15.5 Å². The van der Waals surface area contributed by atoms with Crippen molar-refractivity contribution in [1.82, 2.24) is 9.88 Å². The van der Waals surface area contributed by atoms with Crippen LogP contribution in [0.5, 0.6) is 0 Å². The number of para-hydroxylation sites is 2. The number of nitrogens with zero attached hydrogens (tertiary/aromatic N) is 3. The molecular weight excluding hydrogens is 482 g/mol. The van der Waals surface area contributed by atoms with E-state index in [4.69, 9.17) is 0 Å². The molecule has 1 aliphatic carbocycles. The van der Waals surface area contributed by atoms with Gasteiger partial charge in [0.15, 0.2) is 0 Å². The van der Waals surface area contributed by atoms with Gasteiger partial charge in [0.05, 0.1) is 17.4 Å². The van der Waals surface area contributed by atoms with Gasteiger partial charge in [-0.2, -0.15) is 0 Å². The minimum Gasteiger partial charge on any atom is -0.369 e. The average Bonchev–Trinajstić information content (AvgIpc) is 2.98. The largest absolute Gasteiger partial charge is 0.369 e. The van der Waals surface area contributed by atoms with Crippen molar-refractivity contribution in [2.75, 3.05) is 41.7 Å². The summed E-state index contributed by atoms with van der Waals surface area (Å²) in [4.78, 5) is 22.6. The molecule has 0 spiro atoms. The Morgan fingerprint density at radius 3 is 2.33 bits per heavy atom. The van der Waals surface area contributed by atoms with E-state index in [9.17, 15) is 4.79 Å². The molecule has 200 valence electrons. The Bertz CT molecular complexity index is 1420. The molecule has 0 unspecified atom stereocenters. The molecule has 0 radical (unpaired) electrons. The van der Waals surface area contributed by atoms with Crippen LogP contribution >= 0.6 is 0 Å². The zero-order chi connectivity index (χ0) is 26.7. The summed E-state index contributed by atoms with van der Waals surface area (Å²) in [5.41, 5.74) is 5.03. The second kappa shape index (κ2) is 11.1. The normalized spacial score (nSPS) is 22.0. The number of carbonyl (C=O) groups excluding carboxylic acids is 1. The molecular formula is C33H37N5O. The molecule has 6 rings (SSSR count). The van der Waals surface area contributed by atoms with Crippen molar-refractivity contribution in [3.8, 4) is 0 Å². The molecule has 3 aromatic carbocycles. The fraction of sp³-hybridized carbons (Fsp3) is 0.333. The zero-order valence-corrected chi connectivity index (χ0v) is 22.6.